The van der Waals surface area contributed by atoms with E-state index < -0.39 is 15.9 Å². The largest absolute Gasteiger partial charge is 0.325 e. The van der Waals surface area contributed by atoms with Crippen molar-refractivity contribution in [1.29, 1.82) is 0 Å². The summed E-state index contributed by atoms with van der Waals surface area (Å²) in [4.78, 5) is 12.3. The second-order valence-corrected chi connectivity index (χ2v) is 8.09. The number of halogens is 1. The molecule has 0 saturated heterocycles. The summed E-state index contributed by atoms with van der Waals surface area (Å²) in [7, 11) is -3.62. The molecule has 1 N–H and O–H groups in total. The molecule has 0 unspecified atom stereocenters. The highest BCUT2D eigenvalue weighted by Crippen LogP contribution is 2.22. The molecule has 0 spiro atoms. The molecule has 0 bridgehead atoms. The van der Waals surface area contributed by atoms with Crippen LogP contribution in [0.25, 0.3) is 0 Å². The van der Waals surface area contributed by atoms with Crippen LogP contribution in [0.4, 0.5) is 11.4 Å². The molecule has 0 aliphatic carbocycles. The molecule has 2 aromatic rings. The fourth-order valence-corrected chi connectivity index (χ4v) is 3.44. The van der Waals surface area contributed by atoms with Crippen LogP contribution in [0, 0.1) is 0 Å². The van der Waals surface area contributed by atoms with Gasteiger partial charge in [0.25, 0.3) is 0 Å². The Morgan fingerprint density at radius 3 is 2.40 bits per heavy atom. The number of hydrogen-bond acceptors (Lipinski definition) is 3. The van der Waals surface area contributed by atoms with E-state index in [1.807, 2.05) is 24.3 Å². The SMILES string of the molecule is CCCc1ccc(NC(=O)CN(c2cccc(Cl)c2)S(C)(=O)=O)cc1. The Morgan fingerprint density at radius 2 is 1.84 bits per heavy atom. The second kappa shape index (κ2) is 8.36. The third-order valence-electron chi connectivity index (χ3n) is 3.56. The molecule has 0 aliphatic heterocycles. The molecule has 7 heteroatoms. The zero-order chi connectivity index (χ0) is 18.4. The highest BCUT2D eigenvalue weighted by Gasteiger charge is 2.21. The van der Waals surface area contributed by atoms with Gasteiger partial charge in [0.05, 0.1) is 11.9 Å². The Balaban J connectivity index is 2.12. The Bertz CT molecular complexity index is 836. The molecule has 2 rings (SSSR count). The lowest BCUT2D eigenvalue weighted by atomic mass is 10.1. The van der Waals surface area contributed by atoms with E-state index in [9.17, 15) is 13.2 Å². The quantitative estimate of drug-likeness (QED) is 0.796. The highest BCUT2D eigenvalue weighted by atomic mass is 35.5. The zero-order valence-electron chi connectivity index (χ0n) is 14.2. The maximum absolute atomic E-state index is 12.3. The summed E-state index contributed by atoms with van der Waals surface area (Å²) < 4.78 is 25.1. The molecule has 0 aliphatic rings. The molecule has 0 radical (unpaired) electrons. The van der Waals surface area contributed by atoms with E-state index in [1.54, 1.807) is 18.2 Å². The van der Waals surface area contributed by atoms with E-state index in [0.717, 1.165) is 23.4 Å². The molecule has 134 valence electrons. The summed E-state index contributed by atoms with van der Waals surface area (Å²) in [5, 5.41) is 3.12. The van der Waals surface area contributed by atoms with Gasteiger partial charge in [-0.05, 0) is 42.3 Å². The third-order valence-corrected chi connectivity index (χ3v) is 4.94. The van der Waals surface area contributed by atoms with Crippen LogP contribution in [-0.4, -0.2) is 27.1 Å². The van der Waals surface area contributed by atoms with Gasteiger partial charge in [0.1, 0.15) is 6.54 Å². The topological polar surface area (TPSA) is 66.5 Å². The number of nitrogens with zero attached hydrogens (tertiary/aromatic N) is 1. The van der Waals surface area contributed by atoms with Crippen molar-refractivity contribution in [3.05, 3.63) is 59.1 Å². The lowest BCUT2D eigenvalue weighted by molar-refractivity contribution is -0.114. The Kier molecular flexibility index (Phi) is 6.45. The Labute approximate surface area is 153 Å². The molecule has 5 nitrogen and oxygen atoms in total. The molecule has 0 heterocycles. The van der Waals surface area contributed by atoms with E-state index in [2.05, 4.69) is 12.2 Å². The number of rotatable bonds is 7. The maximum atomic E-state index is 12.3. The number of anilines is 2. The van der Waals surface area contributed by atoms with Crippen molar-refractivity contribution >= 4 is 38.9 Å². The summed E-state index contributed by atoms with van der Waals surface area (Å²) in [5.74, 6) is -0.423. The van der Waals surface area contributed by atoms with Crippen molar-refractivity contribution in [1.82, 2.24) is 0 Å². The van der Waals surface area contributed by atoms with E-state index >= 15 is 0 Å². The van der Waals surface area contributed by atoms with E-state index in [4.69, 9.17) is 11.6 Å². The number of benzene rings is 2. The highest BCUT2D eigenvalue weighted by molar-refractivity contribution is 7.92. The van der Waals surface area contributed by atoms with Gasteiger partial charge in [0, 0.05) is 10.7 Å². The van der Waals surface area contributed by atoms with Crippen LogP contribution in [0.3, 0.4) is 0 Å². The van der Waals surface area contributed by atoms with Crippen molar-refractivity contribution < 1.29 is 13.2 Å². The number of sulfonamides is 1. The van der Waals surface area contributed by atoms with E-state index in [-0.39, 0.29) is 6.54 Å². The van der Waals surface area contributed by atoms with Gasteiger partial charge < -0.3 is 5.32 Å². The van der Waals surface area contributed by atoms with Crippen LogP contribution in [0.2, 0.25) is 5.02 Å². The average molecular weight is 381 g/mol. The van der Waals surface area contributed by atoms with Gasteiger partial charge >= 0.3 is 0 Å². The molecule has 2 aromatic carbocycles. The van der Waals surface area contributed by atoms with Crippen molar-refractivity contribution in [2.24, 2.45) is 0 Å². The first kappa shape index (κ1) is 19.3. The minimum absolute atomic E-state index is 0.324. The Morgan fingerprint density at radius 1 is 1.16 bits per heavy atom. The minimum atomic E-state index is -3.62. The van der Waals surface area contributed by atoms with Crippen molar-refractivity contribution in [3.8, 4) is 0 Å². The Hall–Kier alpha value is -2.05. The predicted molar refractivity (Wildman–Crippen MR) is 103 cm³/mol. The number of nitrogens with one attached hydrogen (secondary N) is 1. The zero-order valence-corrected chi connectivity index (χ0v) is 15.8. The summed E-state index contributed by atoms with van der Waals surface area (Å²) in [5.41, 5.74) is 2.17. The van der Waals surface area contributed by atoms with Gasteiger partial charge in [0.2, 0.25) is 15.9 Å². The minimum Gasteiger partial charge on any atom is -0.325 e. The fourth-order valence-electron chi connectivity index (χ4n) is 2.41. The molecule has 25 heavy (non-hydrogen) atoms. The van der Waals surface area contributed by atoms with Gasteiger partial charge in [-0.25, -0.2) is 8.42 Å². The number of carbonyl (C=O) groups excluding carboxylic acids is 1. The van der Waals surface area contributed by atoms with Gasteiger partial charge in [-0.2, -0.15) is 0 Å². The predicted octanol–water partition coefficient (Wildman–Crippen LogP) is 3.70. The van der Waals surface area contributed by atoms with Crippen molar-refractivity contribution in [3.63, 3.8) is 0 Å². The van der Waals surface area contributed by atoms with Crippen molar-refractivity contribution in [2.45, 2.75) is 19.8 Å². The molecular formula is C18H21ClN2O3S. The first-order valence-corrected chi connectivity index (χ1v) is 10.1. The summed E-state index contributed by atoms with van der Waals surface area (Å²) in [6.07, 6.45) is 3.08. The van der Waals surface area contributed by atoms with Crippen molar-refractivity contribution in [2.75, 3.05) is 22.4 Å². The summed E-state index contributed by atoms with van der Waals surface area (Å²) in [6.45, 7) is 1.78. The normalized spacial score (nSPS) is 11.2. The van der Waals surface area contributed by atoms with Gasteiger partial charge in [-0.1, -0.05) is 43.1 Å². The van der Waals surface area contributed by atoms with Crippen LogP contribution >= 0.6 is 11.6 Å². The number of aryl methyl sites for hydroxylation is 1. The molecular weight excluding hydrogens is 360 g/mol. The number of hydrogen-bond donors (Lipinski definition) is 1. The van der Waals surface area contributed by atoms with Crippen LogP contribution in [-0.2, 0) is 21.2 Å². The maximum Gasteiger partial charge on any atom is 0.245 e. The molecule has 0 saturated carbocycles. The summed E-state index contributed by atoms with van der Waals surface area (Å²) >= 11 is 5.92. The van der Waals surface area contributed by atoms with E-state index in [1.165, 1.54) is 11.6 Å². The summed E-state index contributed by atoms with van der Waals surface area (Å²) in [6, 6.07) is 13.9. The molecule has 0 atom stereocenters. The van der Waals surface area contributed by atoms with Crippen LogP contribution < -0.4 is 9.62 Å². The first-order valence-electron chi connectivity index (χ1n) is 7.91. The molecule has 0 fully saturated rings. The standard InChI is InChI=1S/C18H21ClN2O3S/c1-3-5-14-8-10-16(11-9-14)20-18(22)13-21(25(2,23)24)17-7-4-6-15(19)12-17/h4,6-12H,3,5,13H2,1-2H3,(H,20,22). The molecule has 1 amide bonds. The monoisotopic (exact) mass is 380 g/mol. The van der Waals surface area contributed by atoms with Crippen LogP contribution in [0.5, 0.6) is 0 Å². The smallest absolute Gasteiger partial charge is 0.245 e. The third kappa shape index (κ3) is 5.76. The van der Waals surface area contributed by atoms with Crippen LogP contribution in [0.1, 0.15) is 18.9 Å². The van der Waals surface area contributed by atoms with Gasteiger partial charge in [-0.3, -0.25) is 9.10 Å². The van der Waals surface area contributed by atoms with E-state index in [0.29, 0.717) is 16.4 Å². The first-order chi connectivity index (χ1) is 11.8. The number of amides is 1. The number of carbonyl (C=O) groups is 1. The fraction of sp³-hybridized carbons (Fsp3) is 0.278. The second-order valence-electron chi connectivity index (χ2n) is 5.74. The average Bonchev–Trinajstić information content (AvgIpc) is 2.54. The molecule has 0 aromatic heterocycles. The lowest BCUT2D eigenvalue weighted by Gasteiger charge is -2.22. The lowest BCUT2D eigenvalue weighted by Crippen LogP contribution is -2.37. The van der Waals surface area contributed by atoms with Gasteiger partial charge in [0.15, 0.2) is 0 Å². The van der Waals surface area contributed by atoms with Gasteiger partial charge in [-0.15, -0.1) is 0 Å². The van der Waals surface area contributed by atoms with Crippen LogP contribution in [0.15, 0.2) is 48.5 Å².